The Morgan fingerprint density at radius 1 is 1.10 bits per heavy atom. The van der Waals surface area contributed by atoms with Crippen molar-refractivity contribution in [2.75, 3.05) is 31.0 Å². The van der Waals surface area contributed by atoms with Gasteiger partial charge >= 0.3 is 5.97 Å². The lowest BCUT2D eigenvalue weighted by molar-refractivity contribution is -0.148. The van der Waals surface area contributed by atoms with E-state index in [2.05, 4.69) is 0 Å². The van der Waals surface area contributed by atoms with Crippen LogP contribution in [0.25, 0.3) is 0 Å². The highest BCUT2D eigenvalue weighted by Crippen LogP contribution is 2.28. The molecule has 7 nitrogen and oxygen atoms in total. The Morgan fingerprint density at radius 2 is 1.71 bits per heavy atom. The molecule has 0 bridgehead atoms. The van der Waals surface area contributed by atoms with E-state index < -0.39 is 10.0 Å². The summed E-state index contributed by atoms with van der Waals surface area (Å²) in [5, 5.41) is 0.422. The van der Waals surface area contributed by atoms with Crippen molar-refractivity contribution in [2.45, 2.75) is 24.7 Å². The topological polar surface area (TPSA) is 84.0 Å². The Morgan fingerprint density at radius 3 is 2.29 bits per heavy atom. The van der Waals surface area contributed by atoms with Crippen molar-refractivity contribution < 1.29 is 22.7 Å². The first-order chi connectivity index (χ1) is 14.7. The van der Waals surface area contributed by atoms with E-state index in [1.165, 1.54) is 31.4 Å². The third-order valence-corrected chi connectivity index (χ3v) is 7.47. The number of carbonyl (C=O) groups excluding carboxylic acids is 2. The maximum absolute atomic E-state index is 13.4. The number of para-hydroxylation sites is 1. The molecule has 0 unspecified atom stereocenters. The standard InChI is InChI=1S/C22H25ClN2O5S/c1-16-5-3-4-6-20(16)25(31(28,29)19-9-7-18(23)8-10-19)15-21(26)24-13-11-17(12-14-24)22(27)30-2/h3-10,17H,11-15H2,1-2H3. The number of amides is 1. The van der Waals surface area contributed by atoms with Gasteiger partial charge in [-0.05, 0) is 55.7 Å². The van der Waals surface area contributed by atoms with E-state index in [1.807, 2.05) is 6.07 Å². The van der Waals surface area contributed by atoms with Crippen molar-refractivity contribution in [2.24, 2.45) is 5.92 Å². The third kappa shape index (κ3) is 5.19. The highest BCUT2D eigenvalue weighted by Gasteiger charge is 2.32. The van der Waals surface area contributed by atoms with Gasteiger partial charge in [0.15, 0.2) is 0 Å². The molecule has 0 atom stereocenters. The summed E-state index contributed by atoms with van der Waals surface area (Å²) < 4.78 is 32.8. The summed E-state index contributed by atoms with van der Waals surface area (Å²) in [5.41, 5.74) is 1.17. The van der Waals surface area contributed by atoms with Gasteiger partial charge in [0.25, 0.3) is 10.0 Å². The lowest BCUT2D eigenvalue weighted by Gasteiger charge is -2.33. The molecule has 2 aromatic carbocycles. The molecule has 0 N–H and O–H groups in total. The number of benzene rings is 2. The Bertz CT molecular complexity index is 1050. The minimum atomic E-state index is -4.00. The fourth-order valence-electron chi connectivity index (χ4n) is 3.63. The van der Waals surface area contributed by atoms with Gasteiger partial charge in [-0.25, -0.2) is 8.42 Å². The normalized spacial score (nSPS) is 14.9. The predicted molar refractivity (Wildman–Crippen MR) is 118 cm³/mol. The molecule has 3 rings (SSSR count). The molecule has 1 heterocycles. The minimum absolute atomic E-state index is 0.0531. The molecule has 0 saturated carbocycles. The van der Waals surface area contributed by atoms with Crippen molar-refractivity contribution in [1.29, 1.82) is 0 Å². The lowest BCUT2D eigenvalue weighted by Crippen LogP contribution is -2.46. The first-order valence-electron chi connectivity index (χ1n) is 9.93. The van der Waals surface area contributed by atoms with Crippen LogP contribution in [0, 0.1) is 12.8 Å². The molecule has 166 valence electrons. The molecular weight excluding hydrogens is 440 g/mol. The number of aryl methyl sites for hydroxylation is 1. The van der Waals surface area contributed by atoms with Crippen LogP contribution in [0.5, 0.6) is 0 Å². The monoisotopic (exact) mass is 464 g/mol. The average molecular weight is 465 g/mol. The molecule has 31 heavy (non-hydrogen) atoms. The third-order valence-electron chi connectivity index (χ3n) is 5.45. The van der Waals surface area contributed by atoms with Crippen LogP contribution in [0.4, 0.5) is 5.69 Å². The van der Waals surface area contributed by atoms with Crippen LogP contribution >= 0.6 is 11.6 Å². The molecule has 1 saturated heterocycles. The highest BCUT2D eigenvalue weighted by molar-refractivity contribution is 7.92. The summed E-state index contributed by atoms with van der Waals surface area (Å²) in [7, 11) is -2.65. The van der Waals surface area contributed by atoms with Gasteiger partial charge in [-0.1, -0.05) is 29.8 Å². The van der Waals surface area contributed by atoms with Crippen molar-refractivity contribution in [1.82, 2.24) is 4.90 Å². The van der Waals surface area contributed by atoms with E-state index in [0.29, 0.717) is 36.6 Å². The van der Waals surface area contributed by atoms with Crippen LogP contribution < -0.4 is 4.31 Å². The molecule has 1 fully saturated rings. The maximum atomic E-state index is 13.4. The van der Waals surface area contributed by atoms with Crippen molar-refractivity contribution in [3.05, 3.63) is 59.1 Å². The van der Waals surface area contributed by atoms with Crippen molar-refractivity contribution in [3.63, 3.8) is 0 Å². The number of ether oxygens (including phenoxy) is 1. The number of sulfonamides is 1. The summed E-state index contributed by atoms with van der Waals surface area (Å²) in [4.78, 5) is 26.4. The zero-order valence-corrected chi connectivity index (χ0v) is 19.0. The quantitative estimate of drug-likeness (QED) is 0.613. The first kappa shape index (κ1) is 23.1. The van der Waals surface area contributed by atoms with E-state index in [1.54, 1.807) is 30.0 Å². The largest absolute Gasteiger partial charge is 0.469 e. The van der Waals surface area contributed by atoms with Crippen LogP contribution in [0.2, 0.25) is 5.02 Å². The molecule has 0 spiro atoms. The molecule has 1 aliphatic heterocycles. The van der Waals surface area contributed by atoms with Crippen molar-refractivity contribution in [3.8, 4) is 0 Å². The molecule has 0 aliphatic carbocycles. The van der Waals surface area contributed by atoms with Gasteiger partial charge < -0.3 is 9.64 Å². The summed E-state index contributed by atoms with van der Waals surface area (Å²) in [6.07, 6.45) is 0.986. The molecule has 0 aromatic heterocycles. The summed E-state index contributed by atoms with van der Waals surface area (Å²) >= 11 is 5.91. The number of methoxy groups -OCH3 is 1. The Kier molecular flexibility index (Phi) is 7.23. The van der Waals surface area contributed by atoms with E-state index in [0.717, 1.165) is 9.87 Å². The maximum Gasteiger partial charge on any atom is 0.308 e. The second kappa shape index (κ2) is 9.70. The van der Waals surface area contributed by atoms with Gasteiger partial charge in [0.2, 0.25) is 5.91 Å². The Balaban J connectivity index is 1.86. The fourth-order valence-corrected chi connectivity index (χ4v) is 5.24. The number of hydrogen-bond donors (Lipinski definition) is 0. The number of anilines is 1. The molecule has 9 heteroatoms. The lowest BCUT2D eigenvalue weighted by atomic mass is 9.97. The number of piperidine rings is 1. The number of halogens is 1. The smallest absolute Gasteiger partial charge is 0.308 e. The van der Waals surface area contributed by atoms with E-state index >= 15 is 0 Å². The Labute approximate surface area is 187 Å². The molecular formula is C22H25ClN2O5S. The van der Waals surface area contributed by atoms with Gasteiger partial charge in [0, 0.05) is 18.1 Å². The van der Waals surface area contributed by atoms with Gasteiger partial charge in [-0.3, -0.25) is 13.9 Å². The van der Waals surface area contributed by atoms with Gasteiger partial charge in [-0.2, -0.15) is 0 Å². The molecule has 1 aliphatic rings. The van der Waals surface area contributed by atoms with Gasteiger partial charge in [0.1, 0.15) is 6.54 Å². The number of hydrogen-bond acceptors (Lipinski definition) is 5. The zero-order chi connectivity index (χ0) is 22.6. The van der Waals surface area contributed by atoms with E-state index in [9.17, 15) is 18.0 Å². The summed E-state index contributed by atoms with van der Waals surface area (Å²) in [6, 6.07) is 12.9. The fraction of sp³-hybridized carbons (Fsp3) is 0.364. The second-order valence-electron chi connectivity index (χ2n) is 7.43. The van der Waals surface area contributed by atoms with Gasteiger partial charge in [0.05, 0.1) is 23.6 Å². The molecule has 2 aromatic rings. The average Bonchev–Trinajstić information content (AvgIpc) is 2.77. The number of rotatable bonds is 6. The second-order valence-corrected chi connectivity index (χ2v) is 9.73. The summed E-state index contributed by atoms with van der Waals surface area (Å²) in [5.74, 6) is -0.831. The summed E-state index contributed by atoms with van der Waals surface area (Å²) in [6.45, 7) is 2.22. The molecule has 1 amide bonds. The zero-order valence-electron chi connectivity index (χ0n) is 17.5. The number of nitrogens with zero attached hydrogens (tertiary/aromatic N) is 2. The van der Waals surface area contributed by atoms with Crippen LogP contribution in [-0.2, 0) is 24.3 Å². The van der Waals surface area contributed by atoms with Crippen LogP contribution in [0.3, 0.4) is 0 Å². The van der Waals surface area contributed by atoms with Crippen LogP contribution in [0.1, 0.15) is 18.4 Å². The number of carbonyl (C=O) groups is 2. The Hall–Kier alpha value is -2.58. The van der Waals surface area contributed by atoms with Crippen LogP contribution in [-0.4, -0.2) is 51.9 Å². The van der Waals surface area contributed by atoms with E-state index in [4.69, 9.17) is 16.3 Å². The van der Waals surface area contributed by atoms with Crippen LogP contribution in [0.15, 0.2) is 53.4 Å². The van der Waals surface area contributed by atoms with Gasteiger partial charge in [-0.15, -0.1) is 0 Å². The minimum Gasteiger partial charge on any atom is -0.469 e. The highest BCUT2D eigenvalue weighted by atomic mass is 35.5. The number of esters is 1. The van der Waals surface area contributed by atoms with E-state index in [-0.39, 0.29) is 29.2 Å². The first-order valence-corrected chi connectivity index (χ1v) is 11.8. The molecule has 0 radical (unpaired) electrons. The van der Waals surface area contributed by atoms with Crippen molar-refractivity contribution >= 4 is 39.2 Å². The SMILES string of the molecule is COC(=O)C1CCN(C(=O)CN(c2ccccc2C)S(=O)(=O)c2ccc(Cl)cc2)CC1. The number of likely N-dealkylation sites (tertiary alicyclic amines) is 1. The predicted octanol–water partition coefficient (Wildman–Crippen LogP) is 3.26.